The zero-order chi connectivity index (χ0) is 29.8. The van der Waals surface area contributed by atoms with E-state index in [0.29, 0.717) is 37.7 Å². The van der Waals surface area contributed by atoms with Crippen LogP contribution in [0.25, 0.3) is 6.08 Å². The molecule has 10 heteroatoms. The predicted octanol–water partition coefficient (Wildman–Crippen LogP) is 3.78. The van der Waals surface area contributed by atoms with E-state index >= 15 is 0 Å². The summed E-state index contributed by atoms with van der Waals surface area (Å²) in [6, 6.07) is 20.5. The van der Waals surface area contributed by atoms with Gasteiger partial charge in [-0.3, -0.25) is 9.36 Å². The molecule has 42 heavy (non-hydrogen) atoms. The van der Waals surface area contributed by atoms with Crippen molar-refractivity contribution in [3.05, 3.63) is 126 Å². The van der Waals surface area contributed by atoms with Gasteiger partial charge in [-0.2, -0.15) is 0 Å². The molecule has 0 N–H and O–H groups in total. The first-order chi connectivity index (χ1) is 20.3. The molecule has 0 fully saturated rings. The molecular weight excluding hydrogens is 556 g/mol. The SMILES string of the molecule is COC(=O)c1ccc(C2C(C(=O)OCc3ccccc3)=C(C)N=c3sc(=Cc4ccc(OC)c(OC)c4)c(=O)n32)cc1. The number of thiazole rings is 1. The van der Waals surface area contributed by atoms with Crippen molar-refractivity contribution in [2.24, 2.45) is 4.99 Å². The van der Waals surface area contributed by atoms with Crippen LogP contribution in [-0.2, 0) is 20.9 Å². The lowest BCUT2D eigenvalue weighted by Gasteiger charge is -2.25. The van der Waals surface area contributed by atoms with Gasteiger partial charge in [0.1, 0.15) is 6.61 Å². The first kappa shape index (κ1) is 28.6. The standard InChI is InChI=1S/C32H28N2O7S/c1-19-27(31(37)41-18-20-8-6-5-7-9-20)28(22-11-13-23(14-12-22)30(36)40-4)34-29(35)26(42-32(34)33-19)17-21-10-15-24(38-2)25(16-21)39-3/h5-17,28H,18H2,1-4H3. The molecule has 214 valence electrons. The number of esters is 2. The van der Waals surface area contributed by atoms with Gasteiger partial charge in [0, 0.05) is 0 Å². The van der Waals surface area contributed by atoms with Crippen molar-refractivity contribution in [2.75, 3.05) is 21.3 Å². The van der Waals surface area contributed by atoms with E-state index in [4.69, 9.17) is 18.9 Å². The number of allylic oxidation sites excluding steroid dienone is 1. The van der Waals surface area contributed by atoms with Crippen LogP contribution in [0.5, 0.6) is 11.5 Å². The largest absolute Gasteiger partial charge is 0.493 e. The summed E-state index contributed by atoms with van der Waals surface area (Å²) in [7, 11) is 4.40. The first-order valence-electron chi connectivity index (χ1n) is 13.0. The van der Waals surface area contributed by atoms with Gasteiger partial charge in [-0.25, -0.2) is 14.6 Å². The number of carbonyl (C=O) groups is 2. The quantitative estimate of drug-likeness (QED) is 0.290. The monoisotopic (exact) mass is 584 g/mol. The number of methoxy groups -OCH3 is 3. The number of hydrogen-bond donors (Lipinski definition) is 0. The molecule has 0 spiro atoms. The Morgan fingerprint density at radius 2 is 1.64 bits per heavy atom. The van der Waals surface area contributed by atoms with Crippen molar-refractivity contribution in [3.63, 3.8) is 0 Å². The lowest BCUT2D eigenvalue weighted by Crippen LogP contribution is -2.39. The summed E-state index contributed by atoms with van der Waals surface area (Å²) in [6.45, 7) is 1.79. The highest BCUT2D eigenvalue weighted by Gasteiger charge is 2.33. The molecule has 2 heterocycles. The van der Waals surface area contributed by atoms with Crippen molar-refractivity contribution >= 4 is 29.4 Å². The van der Waals surface area contributed by atoms with Crippen molar-refractivity contribution in [1.29, 1.82) is 0 Å². The third-order valence-corrected chi connectivity index (χ3v) is 7.79. The van der Waals surface area contributed by atoms with E-state index < -0.39 is 18.0 Å². The summed E-state index contributed by atoms with van der Waals surface area (Å²) in [4.78, 5) is 44.7. The highest BCUT2D eigenvalue weighted by atomic mass is 32.1. The molecule has 0 aliphatic carbocycles. The lowest BCUT2D eigenvalue weighted by atomic mass is 9.95. The molecule has 0 saturated heterocycles. The highest BCUT2D eigenvalue weighted by Crippen LogP contribution is 2.31. The molecule has 0 radical (unpaired) electrons. The Hall–Kier alpha value is -4.96. The zero-order valence-electron chi connectivity index (χ0n) is 23.5. The molecule has 1 atom stereocenters. The Balaban J connectivity index is 1.62. The molecule has 1 aromatic heterocycles. The zero-order valence-corrected chi connectivity index (χ0v) is 24.3. The Labute approximate surface area is 245 Å². The van der Waals surface area contributed by atoms with Gasteiger partial charge in [-0.05, 0) is 54.0 Å². The Morgan fingerprint density at radius 3 is 2.31 bits per heavy atom. The van der Waals surface area contributed by atoms with Crippen LogP contribution in [0.15, 0.2) is 93.9 Å². The molecule has 9 nitrogen and oxygen atoms in total. The van der Waals surface area contributed by atoms with E-state index in [9.17, 15) is 14.4 Å². The average molecular weight is 585 g/mol. The normalized spacial score (nSPS) is 14.6. The molecule has 4 aromatic rings. The second-order valence-corrected chi connectivity index (χ2v) is 10.4. The van der Waals surface area contributed by atoms with E-state index in [1.54, 1.807) is 63.6 Å². The van der Waals surface area contributed by atoms with Gasteiger partial charge in [-0.15, -0.1) is 0 Å². The first-order valence-corrected chi connectivity index (χ1v) is 13.8. The fourth-order valence-corrected chi connectivity index (χ4v) is 5.76. The van der Waals surface area contributed by atoms with Crippen LogP contribution in [0, 0.1) is 0 Å². The third kappa shape index (κ3) is 5.61. The summed E-state index contributed by atoms with van der Waals surface area (Å²) >= 11 is 1.21. The molecule has 0 amide bonds. The number of ether oxygens (including phenoxy) is 4. The van der Waals surface area contributed by atoms with Gasteiger partial charge in [-0.1, -0.05) is 59.9 Å². The predicted molar refractivity (Wildman–Crippen MR) is 157 cm³/mol. The number of carbonyl (C=O) groups excluding carboxylic acids is 2. The van der Waals surface area contributed by atoms with Crippen LogP contribution in [0.3, 0.4) is 0 Å². The maximum absolute atomic E-state index is 13.9. The van der Waals surface area contributed by atoms with Crippen molar-refractivity contribution < 1.29 is 28.5 Å². The smallest absolute Gasteiger partial charge is 0.338 e. The third-order valence-electron chi connectivity index (χ3n) is 6.81. The fourth-order valence-electron chi connectivity index (χ4n) is 4.71. The molecular formula is C32H28N2O7S. The molecule has 5 rings (SSSR count). The van der Waals surface area contributed by atoms with E-state index in [1.807, 2.05) is 36.4 Å². The minimum absolute atomic E-state index is 0.0637. The second-order valence-electron chi connectivity index (χ2n) is 9.37. The minimum Gasteiger partial charge on any atom is -0.493 e. The highest BCUT2D eigenvalue weighted by molar-refractivity contribution is 7.07. The van der Waals surface area contributed by atoms with Crippen LogP contribution in [-0.4, -0.2) is 37.8 Å². The second kappa shape index (κ2) is 12.3. The van der Waals surface area contributed by atoms with Gasteiger partial charge in [0.25, 0.3) is 5.56 Å². The van der Waals surface area contributed by atoms with Crippen molar-refractivity contribution in [3.8, 4) is 11.5 Å². The van der Waals surface area contributed by atoms with Crippen LogP contribution in [0.4, 0.5) is 0 Å². The van der Waals surface area contributed by atoms with Gasteiger partial charge in [0.15, 0.2) is 16.3 Å². The molecule has 1 aliphatic rings. The Morgan fingerprint density at radius 1 is 0.929 bits per heavy atom. The fraction of sp³-hybridized carbons (Fsp3) is 0.188. The molecule has 0 bridgehead atoms. The van der Waals surface area contributed by atoms with Crippen molar-refractivity contribution in [2.45, 2.75) is 19.6 Å². The van der Waals surface area contributed by atoms with Gasteiger partial charge in [0.05, 0.1) is 48.7 Å². The summed E-state index contributed by atoms with van der Waals surface area (Å²) < 4.78 is 23.2. The van der Waals surface area contributed by atoms with Gasteiger partial charge >= 0.3 is 11.9 Å². The summed E-state index contributed by atoms with van der Waals surface area (Å²) in [5.41, 5.74) is 2.87. The maximum Gasteiger partial charge on any atom is 0.338 e. The lowest BCUT2D eigenvalue weighted by molar-refractivity contribution is -0.140. The number of nitrogens with zero attached hydrogens (tertiary/aromatic N) is 2. The maximum atomic E-state index is 13.9. The van der Waals surface area contributed by atoms with Gasteiger partial charge in [0.2, 0.25) is 0 Å². The van der Waals surface area contributed by atoms with E-state index in [1.165, 1.54) is 23.0 Å². The average Bonchev–Trinajstić information content (AvgIpc) is 3.32. The molecule has 1 aliphatic heterocycles. The summed E-state index contributed by atoms with van der Waals surface area (Å²) in [5, 5.41) is 0. The minimum atomic E-state index is -0.830. The van der Waals surface area contributed by atoms with Crippen LogP contribution in [0.2, 0.25) is 0 Å². The van der Waals surface area contributed by atoms with Crippen LogP contribution >= 0.6 is 11.3 Å². The van der Waals surface area contributed by atoms with E-state index in [0.717, 1.165) is 11.1 Å². The van der Waals surface area contributed by atoms with Crippen molar-refractivity contribution in [1.82, 2.24) is 4.57 Å². The summed E-state index contributed by atoms with van der Waals surface area (Å²) in [5.74, 6) is 0.0219. The topological polar surface area (TPSA) is 105 Å². The molecule has 1 unspecified atom stereocenters. The van der Waals surface area contributed by atoms with Crippen LogP contribution < -0.4 is 24.4 Å². The van der Waals surface area contributed by atoms with E-state index in [-0.39, 0.29) is 17.7 Å². The molecule has 3 aromatic carbocycles. The number of benzene rings is 3. The van der Waals surface area contributed by atoms with Crippen LogP contribution in [0.1, 0.15) is 40.0 Å². The van der Waals surface area contributed by atoms with Gasteiger partial charge < -0.3 is 18.9 Å². The number of hydrogen-bond acceptors (Lipinski definition) is 9. The molecule has 0 saturated carbocycles. The number of aromatic nitrogens is 1. The Bertz CT molecular complexity index is 1860. The number of rotatable bonds is 8. The van der Waals surface area contributed by atoms with E-state index in [2.05, 4.69) is 4.99 Å². The number of fused-ring (bicyclic) bond motifs is 1. The Kier molecular flexibility index (Phi) is 8.35. The summed E-state index contributed by atoms with van der Waals surface area (Å²) in [6.07, 6.45) is 1.75.